The van der Waals surface area contributed by atoms with Crippen molar-refractivity contribution < 1.29 is 22.4 Å². The Kier molecular flexibility index (Phi) is 5.99. The van der Waals surface area contributed by atoms with Crippen molar-refractivity contribution in [3.8, 4) is 0 Å². The number of furan rings is 1. The predicted molar refractivity (Wildman–Crippen MR) is 98.2 cm³/mol. The van der Waals surface area contributed by atoms with Gasteiger partial charge in [0.05, 0.1) is 29.3 Å². The zero-order valence-electron chi connectivity index (χ0n) is 14.4. The van der Waals surface area contributed by atoms with Crippen LogP contribution in [0.25, 0.3) is 0 Å². The van der Waals surface area contributed by atoms with Crippen molar-refractivity contribution in [1.82, 2.24) is 14.8 Å². The number of rotatable bonds is 6. The summed E-state index contributed by atoms with van der Waals surface area (Å²) in [6.45, 7) is 1.93. The molecule has 6 nitrogen and oxygen atoms in total. The van der Waals surface area contributed by atoms with Crippen LogP contribution in [0, 0.1) is 0 Å². The number of carbonyl (C=O) groups is 1. The van der Waals surface area contributed by atoms with Crippen molar-refractivity contribution in [2.45, 2.75) is 30.1 Å². The number of hydrogen-bond donors (Lipinski definition) is 1. The zero-order valence-corrected chi connectivity index (χ0v) is 16.0. The van der Waals surface area contributed by atoms with Crippen LogP contribution in [0.1, 0.15) is 18.2 Å². The van der Waals surface area contributed by atoms with Gasteiger partial charge in [-0.3, -0.25) is 4.79 Å². The molecule has 2 aromatic heterocycles. The third kappa shape index (κ3) is 4.87. The highest BCUT2D eigenvalue weighted by Gasteiger charge is 2.34. The number of hydrogen-bond acceptors (Lipinski definition) is 5. The molecule has 148 valence electrons. The van der Waals surface area contributed by atoms with Crippen LogP contribution in [0.2, 0.25) is 5.02 Å². The van der Waals surface area contributed by atoms with E-state index >= 15 is 0 Å². The molecule has 2 heterocycles. The minimum atomic E-state index is -4.65. The molecule has 1 aromatic carbocycles. The smallest absolute Gasteiger partial charge is 0.418 e. The quantitative estimate of drug-likeness (QED) is 0.573. The van der Waals surface area contributed by atoms with Crippen LogP contribution < -0.4 is 5.32 Å². The first kappa shape index (κ1) is 20.3. The average molecular weight is 431 g/mol. The average Bonchev–Trinajstić information content (AvgIpc) is 3.28. The van der Waals surface area contributed by atoms with Crippen molar-refractivity contribution in [2.24, 2.45) is 0 Å². The number of alkyl halides is 3. The van der Waals surface area contributed by atoms with E-state index in [0.29, 0.717) is 17.5 Å². The summed E-state index contributed by atoms with van der Waals surface area (Å²) in [5.41, 5.74) is -1.36. The number of aromatic nitrogens is 3. The van der Waals surface area contributed by atoms with E-state index in [0.717, 1.165) is 23.9 Å². The van der Waals surface area contributed by atoms with E-state index in [1.165, 1.54) is 18.7 Å². The summed E-state index contributed by atoms with van der Waals surface area (Å²) in [5, 5.41) is 9.71. The van der Waals surface area contributed by atoms with E-state index < -0.39 is 22.9 Å². The number of nitrogens with one attached hydrogen (secondary N) is 1. The third-order valence-electron chi connectivity index (χ3n) is 3.68. The Balaban J connectivity index is 1.71. The van der Waals surface area contributed by atoms with Gasteiger partial charge in [-0.05, 0) is 37.3 Å². The predicted octanol–water partition coefficient (Wildman–Crippen LogP) is 4.71. The highest BCUT2D eigenvalue weighted by Crippen LogP contribution is 2.37. The molecule has 0 bridgehead atoms. The molecule has 0 fully saturated rings. The first-order valence-electron chi connectivity index (χ1n) is 7.98. The lowest BCUT2D eigenvalue weighted by atomic mass is 10.1. The van der Waals surface area contributed by atoms with Crippen LogP contribution >= 0.6 is 23.4 Å². The second-order valence-corrected chi connectivity index (χ2v) is 7.50. The summed E-state index contributed by atoms with van der Waals surface area (Å²) in [7, 11) is 0. The van der Waals surface area contributed by atoms with Crippen LogP contribution in [-0.2, 0) is 17.5 Å². The van der Waals surface area contributed by atoms with E-state index in [-0.39, 0.29) is 10.7 Å². The summed E-state index contributed by atoms with van der Waals surface area (Å²) < 4.78 is 46.5. The van der Waals surface area contributed by atoms with Crippen LogP contribution in [0.3, 0.4) is 0 Å². The van der Waals surface area contributed by atoms with E-state index in [9.17, 15) is 18.0 Å². The minimum absolute atomic E-state index is 0.0706. The fourth-order valence-electron chi connectivity index (χ4n) is 2.32. The van der Waals surface area contributed by atoms with Crippen molar-refractivity contribution in [2.75, 3.05) is 5.32 Å². The van der Waals surface area contributed by atoms with Gasteiger partial charge in [0.1, 0.15) is 12.1 Å². The molecular formula is C17H14ClF3N4O2S. The Bertz CT molecular complexity index is 960. The van der Waals surface area contributed by atoms with Crippen LogP contribution in [0.4, 0.5) is 18.9 Å². The van der Waals surface area contributed by atoms with Gasteiger partial charge in [-0.1, -0.05) is 23.4 Å². The number of thioether (sulfide) groups is 1. The van der Waals surface area contributed by atoms with Crippen LogP contribution in [0.5, 0.6) is 0 Å². The van der Waals surface area contributed by atoms with Crippen molar-refractivity contribution >= 4 is 35.0 Å². The number of nitrogens with zero attached hydrogens (tertiary/aromatic N) is 3. The maximum absolute atomic E-state index is 13.2. The second kappa shape index (κ2) is 8.27. The highest BCUT2D eigenvalue weighted by atomic mass is 35.5. The summed E-state index contributed by atoms with van der Waals surface area (Å²) in [5.74, 6) is 0.0695. The zero-order chi connectivity index (χ0) is 20.3. The molecule has 1 atom stereocenters. The molecule has 0 radical (unpaired) electrons. The molecule has 0 saturated heterocycles. The van der Waals surface area contributed by atoms with Gasteiger partial charge in [-0.15, -0.1) is 10.2 Å². The van der Waals surface area contributed by atoms with Gasteiger partial charge < -0.3 is 14.3 Å². The summed E-state index contributed by atoms with van der Waals surface area (Å²) in [4.78, 5) is 12.4. The molecule has 1 amide bonds. The lowest BCUT2D eigenvalue weighted by Crippen LogP contribution is -2.24. The van der Waals surface area contributed by atoms with E-state index in [2.05, 4.69) is 15.5 Å². The van der Waals surface area contributed by atoms with Crippen molar-refractivity contribution in [3.05, 3.63) is 59.3 Å². The van der Waals surface area contributed by atoms with Gasteiger partial charge in [-0.2, -0.15) is 13.2 Å². The summed E-state index contributed by atoms with van der Waals surface area (Å²) in [6, 6.07) is 6.70. The number of carbonyl (C=O) groups excluding carboxylic acids is 1. The first-order valence-corrected chi connectivity index (χ1v) is 9.24. The van der Waals surface area contributed by atoms with E-state index in [1.807, 2.05) is 0 Å². The number of halogens is 4. The lowest BCUT2D eigenvalue weighted by Gasteiger charge is -2.16. The molecule has 28 heavy (non-hydrogen) atoms. The Morgan fingerprint density at radius 3 is 2.86 bits per heavy atom. The molecule has 0 aliphatic carbocycles. The number of benzene rings is 1. The van der Waals surface area contributed by atoms with Gasteiger partial charge in [-0.25, -0.2) is 0 Å². The highest BCUT2D eigenvalue weighted by molar-refractivity contribution is 8.00. The van der Waals surface area contributed by atoms with Crippen molar-refractivity contribution in [3.63, 3.8) is 0 Å². The van der Waals surface area contributed by atoms with Gasteiger partial charge in [0.2, 0.25) is 5.91 Å². The fraction of sp³-hybridized carbons (Fsp3) is 0.235. The second-order valence-electron chi connectivity index (χ2n) is 5.76. The van der Waals surface area contributed by atoms with Gasteiger partial charge >= 0.3 is 6.18 Å². The van der Waals surface area contributed by atoms with Gasteiger partial charge in [0.15, 0.2) is 5.16 Å². The standard InChI is InChI=1S/C17H14ClF3N4O2S/c1-10(28-16-24-22-9-25(16)8-12-3-2-6-27-12)15(26)23-14-5-4-11(18)7-13(14)17(19,20)21/h2-7,9-10H,8H2,1H3,(H,23,26). The molecule has 1 unspecified atom stereocenters. The molecule has 0 aliphatic heterocycles. The monoisotopic (exact) mass is 430 g/mol. The van der Waals surface area contributed by atoms with Gasteiger partial charge in [0.25, 0.3) is 0 Å². The number of amides is 1. The van der Waals surface area contributed by atoms with Crippen LogP contribution in [-0.4, -0.2) is 25.9 Å². The molecule has 1 N–H and O–H groups in total. The van der Waals surface area contributed by atoms with Crippen molar-refractivity contribution in [1.29, 1.82) is 0 Å². The Morgan fingerprint density at radius 2 is 2.18 bits per heavy atom. The number of anilines is 1. The van der Waals surface area contributed by atoms with E-state index in [1.54, 1.807) is 23.6 Å². The third-order valence-corrected chi connectivity index (χ3v) is 5.01. The first-order chi connectivity index (χ1) is 13.2. The van der Waals surface area contributed by atoms with Gasteiger partial charge in [0, 0.05) is 5.02 Å². The molecule has 11 heteroatoms. The molecule has 0 spiro atoms. The Labute approximate surface area is 167 Å². The largest absolute Gasteiger partial charge is 0.467 e. The van der Waals surface area contributed by atoms with E-state index in [4.69, 9.17) is 16.0 Å². The molecule has 3 aromatic rings. The topological polar surface area (TPSA) is 73.0 Å². The maximum atomic E-state index is 13.2. The summed E-state index contributed by atoms with van der Waals surface area (Å²) >= 11 is 6.72. The molecular weight excluding hydrogens is 417 g/mol. The Morgan fingerprint density at radius 1 is 1.39 bits per heavy atom. The fourth-order valence-corrected chi connectivity index (χ4v) is 3.32. The molecule has 0 saturated carbocycles. The molecule has 0 aliphatic rings. The maximum Gasteiger partial charge on any atom is 0.418 e. The van der Waals surface area contributed by atoms with Crippen LogP contribution in [0.15, 0.2) is 52.5 Å². The Hall–Kier alpha value is -2.46. The lowest BCUT2D eigenvalue weighted by molar-refractivity contribution is -0.137. The minimum Gasteiger partial charge on any atom is -0.467 e. The normalized spacial score (nSPS) is 12.8. The SMILES string of the molecule is CC(Sc1nncn1Cc1ccco1)C(=O)Nc1ccc(Cl)cc1C(F)(F)F. The summed E-state index contributed by atoms with van der Waals surface area (Å²) in [6.07, 6.45) is -1.63. The molecule has 3 rings (SSSR count).